The van der Waals surface area contributed by atoms with Crippen LogP contribution in [0.25, 0.3) is 11.0 Å². The lowest BCUT2D eigenvalue weighted by molar-refractivity contribution is -0.143. The molecule has 0 saturated carbocycles. The Morgan fingerprint density at radius 1 is 1.22 bits per heavy atom. The maximum Gasteiger partial charge on any atom is 0.339 e. The number of phenolic OH excluding ortho intramolecular Hbond substituents is 1. The van der Waals surface area contributed by atoms with Crippen LogP contribution in [0.15, 0.2) is 21.3 Å². The molecule has 2 unspecified atom stereocenters. The van der Waals surface area contributed by atoms with E-state index in [2.05, 4.69) is 5.32 Å². The molecule has 7 nitrogen and oxygen atoms in total. The van der Waals surface area contributed by atoms with Crippen LogP contribution in [-0.2, 0) is 16.0 Å². The van der Waals surface area contributed by atoms with E-state index >= 15 is 0 Å². The van der Waals surface area contributed by atoms with E-state index in [1.165, 1.54) is 6.07 Å². The van der Waals surface area contributed by atoms with E-state index in [-0.39, 0.29) is 24.5 Å². The number of rotatable bonds is 7. The molecule has 1 heterocycles. The minimum absolute atomic E-state index is 0.0195. The lowest BCUT2D eigenvalue weighted by atomic mass is 9.98. The van der Waals surface area contributed by atoms with Crippen molar-refractivity contribution in [2.45, 2.75) is 53.0 Å². The quantitative estimate of drug-likeness (QED) is 0.641. The van der Waals surface area contributed by atoms with E-state index in [0.717, 1.165) is 0 Å². The van der Waals surface area contributed by atoms with Crippen LogP contribution < -0.4 is 10.9 Å². The third-order valence-corrected chi connectivity index (χ3v) is 5.07. The largest absolute Gasteiger partial charge is 0.508 e. The number of aromatic hydroxyl groups is 1. The first kappa shape index (κ1) is 20.5. The molecule has 3 N–H and O–H groups in total. The second-order valence-electron chi connectivity index (χ2n) is 6.85. The third-order valence-electron chi connectivity index (χ3n) is 5.07. The van der Waals surface area contributed by atoms with Crippen LogP contribution in [-0.4, -0.2) is 28.1 Å². The molecule has 0 aliphatic carbocycles. The van der Waals surface area contributed by atoms with Gasteiger partial charge in [0.25, 0.3) is 0 Å². The molecular formula is C20H25NO6. The number of aryl methyl sites for hydroxylation is 2. The van der Waals surface area contributed by atoms with Crippen molar-refractivity contribution in [1.29, 1.82) is 0 Å². The zero-order valence-corrected chi connectivity index (χ0v) is 16.0. The normalized spacial score (nSPS) is 13.3. The zero-order valence-electron chi connectivity index (χ0n) is 16.0. The van der Waals surface area contributed by atoms with Crippen molar-refractivity contribution >= 4 is 22.8 Å². The van der Waals surface area contributed by atoms with Gasteiger partial charge in [-0.15, -0.1) is 0 Å². The second-order valence-corrected chi connectivity index (χ2v) is 6.85. The number of nitrogens with one attached hydrogen (secondary N) is 1. The Kier molecular flexibility index (Phi) is 6.25. The lowest BCUT2D eigenvalue weighted by Gasteiger charge is -2.20. The molecule has 2 atom stereocenters. The number of hydrogen-bond donors (Lipinski definition) is 3. The molecule has 27 heavy (non-hydrogen) atoms. The summed E-state index contributed by atoms with van der Waals surface area (Å²) in [6, 6.07) is 2.25. The summed E-state index contributed by atoms with van der Waals surface area (Å²) < 4.78 is 5.35. The number of phenols is 1. The van der Waals surface area contributed by atoms with E-state index in [1.807, 2.05) is 6.92 Å². The first-order valence-corrected chi connectivity index (χ1v) is 8.94. The summed E-state index contributed by atoms with van der Waals surface area (Å²) >= 11 is 0. The van der Waals surface area contributed by atoms with Gasteiger partial charge in [0.15, 0.2) is 0 Å². The predicted molar refractivity (Wildman–Crippen MR) is 101 cm³/mol. The van der Waals surface area contributed by atoms with Gasteiger partial charge in [0.2, 0.25) is 5.91 Å². The van der Waals surface area contributed by atoms with Crippen molar-refractivity contribution in [2.24, 2.45) is 5.92 Å². The van der Waals surface area contributed by atoms with Crippen LogP contribution in [0.3, 0.4) is 0 Å². The van der Waals surface area contributed by atoms with Gasteiger partial charge in [-0.2, -0.15) is 0 Å². The van der Waals surface area contributed by atoms with Gasteiger partial charge < -0.3 is 19.9 Å². The number of benzene rings is 1. The number of aliphatic carboxylic acids is 1. The number of carbonyl (C=O) groups is 2. The molecule has 0 saturated heterocycles. The molecule has 1 amide bonds. The van der Waals surface area contributed by atoms with Gasteiger partial charge in [-0.05, 0) is 43.9 Å². The molecule has 1 aromatic carbocycles. The first-order chi connectivity index (χ1) is 12.7. The van der Waals surface area contributed by atoms with Crippen molar-refractivity contribution in [3.63, 3.8) is 0 Å². The van der Waals surface area contributed by atoms with Gasteiger partial charge >= 0.3 is 11.6 Å². The van der Waals surface area contributed by atoms with Gasteiger partial charge in [0.1, 0.15) is 17.4 Å². The van der Waals surface area contributed by atoms with Gasteiger partial charge in [-0.1, -0.05) is 20.3 Å². The fourth-order valence-electron chi connectivity index (χ4n) is 3.03. The highest BCUT2D eigenvalue weighted by Gasteiger charge is 2.25. The summed E-state index contributed by atoms with van der Waals surface area (Å²) in [5.74, 6) is -1.66. The highest BCUT2D eigenvalue weighted by molar-refractivity contribution is 5.86. The molecule has 0 aliphatic heterocycles. The Morgan fingerprint density at radius 3 is 2.48 bits per heavy atom. The predicted octanol–water partition coefficient (Wildman–Crippen LogP) is 2.66. The molecule has 1 aromatic heterocycles. The molecular weight excluding hydrogens is 350 g/mol. The van der Waals surface area contributed by atoms with Crippen LogP contribution >= 0.6 is 0 Å². The maximum atomic E-state index is 12.3. The van der Waals surface area contributed by atoms with Crippen LogP contribution in [0.2, 0.25) is 0 Å². The fourth-order valence-corrected chi connectivity index (χ4v) is 3.03. The average Bonchev–Trinajstić information content (AvgIpc) is 2.62. The van der Waals surface area contributed by atoms with E-state index in [0.29, 0.717) is 34.1 Å². The highest BCUT2D eigenvalue weighted by atomic mass is 16.4. The average molecular weight is 375 g/mol. The van der Waals surface area contributed by atoms with Crippen molar-refractivity contribution < 1.29 is 24.2 Å². The molecule has 7 heteroatoms. The van der Waals surface area contributed by atoms with E-state index in [9.17, 15) is 24.6 Å². The number of carboxylic acid groups (broad SMARTS) is 1. The van der Waals surface area contributed by atoms with Gasteiger partial charge in [0.05, 0.1) is 0 Å². The molecule has 0 bridgehead atoms. The third kappa shape index (κ3) is 4.30. The zero-order chi connectivity index (χ0) is 20.3. The minimum Gasteiger partial charge on any atom is -0.508 e. The fraction of sp³-hybridized carbons (Fsp3) is 0.450. The monoisotopic (exact) mass is 375 g/mol. The molecule has 0 spiro atoms. The summed E-state index contributed by atoms with van der Waals surface area (Å²) in [4.78, 5) is 35.9. The molecule has 2 aromatic rings. The Labute approximate surface area is 157 Å². The summed E-state index contributed by atoms with van der Waals surface area (Å²) in [5.41, 5.74) is 1.31. The van der Waals surface area contributed by atoms with Crippen LogP contribution in [0.5, 0.6) is 5.75 Å². The molecule has 0 radical (unpaired) electrons. The Hall–Kier alpha value is -2.83. The first-order valence-electron chi connectivity index (χ1n) is 8.94. The summed E-state index contributed by atoms with van der Waals surface area (Å²) in [6.45, 7) is 7.05. The highest BCUT2D eigenvalue weighted by Crippen LogP contribution is 2.28. The smallest absolute Gasteiger partial charge is 0.339 e. The number of carboxylic acids is 1. The van der Waals surface area contributed by atoms with E-state index < -0.39 is 23.5 Å². The Morgan fingerprint density at radius 2 is 1.89 bits per heavy atom. The van der Waals surface area contributed by atoms with E-state index in [1.54, 1.807) is 26.8 Å². The second kappa shape index (κ2) is 8.24. The minimum atomic E-state index is -1.07. The standard InChI is InChI=1S/C20H25NO6/c1-5-10(2)17(19(24)25)21-16(23)9-7-14-11(3)13-6-8-15(22)12(4)18(13)27-20(14)26/h6,8,10,17,22H,5,7,9H2,1-4H3,(H,21,23)(H,24,25). The van der Waals surface area contributed by atoms with Crippen molar-refractivity contribution in [3.8, 4) is 5.75 Å². The maximum absolute atomic E-state index is 12.3. The summed E-state index contributed by atoms with van der Waals surface area (Å²) in [7, 11) is 0. The Balaban J connectivity index is 2.22. The molecule has 0 aliphatic rings. The lowest BCUT2D eigenvalue weighted by Crippen LogP contribution is -2.45. The summed E-state index contributed by atoms with van der Waals surface area (Å²) in [6.07, 6.45) is 0.744. The van der Waals surface area contributed by atoms with Crippen LogP contribution in [0.4, 0.5) is 0 Å². The topological polar surface area (TPSA) is 117 Å². The number of hydrogen-bond acceptors (Lipinski definition) is 5. The van der Waals surface area contributed by atoms with Crippen molar-refractivity contribution in [3.05, 3.63) is 39.2 Å². The van der Waals surface area contributed by atoms with Crippen LogP contribution in [0.1, 0.15) is 43.4 Å². The van der Waals surface area contributed by atoms with E-state index in [4.69, 9.17) is 4.42 Å². The van der Waals surface area contributed by atoms with Gasteiger partial charge in [0, 0.05) is 22.9 Å². The van der Waals surface area contributed by atoms with Crippen LogP contribution in [0, 0.1) is 19.8 Å². The molecule has 0 fully saturated rings. The molecule has 2 rings (SSSR count). The number of amides is 1. The Bertz CT molecular complexity index is 930. The summed E-state index contributed by atoms with van der Waals surface area (Å²) in [5, 5.41) is 22.3. The van der Waals surface area contributed by atoms with Crippen molar-refractivity contribution in [2.75, 3.05) is 0 Å². The number of fused-ring (bicyclic) bond motifs is 1. The number of carbonyl (C=O) groups excluding carboxylic acids is 1. The van der Waals surface area contributed by atoms with Gasteiger partial charge in [-0.3, -0.25) is 4.79 Å². The van der Waals surface area contributed by atoms with Crippen molar-refractivity contribution in [1.82, 2.24) is 5.32 Å². The molecule has 146 valence electrons. The van der Waals surface area contributed by atoms with Gasteiger partial charge in [-0.25, -0.2) is 9.59 Å². The SMILES string of the molecule is CCC(C)C(NC(=O)CCc1c(C)c2ccc(O)c(C)c2oc1=O)C(=O)O.